The van der Waals surface area contributed by atoms with Gasteiger partial charge in [0.1, 0.15) is 5.82 Å². The SMILES string of the molecule is Cn1ccnc1/C(=N\O)C(=O)c1ccc(F)cc1. The maximum atomic E-state index is 12.8. The molecule has 6 heteroatoms. The molecule has 1 N–H and O–H groups in total. The first-order valence-corrected chi connectivity index (χ1v) is 5.13. The normalized spacial score (nSPS) is 11.6. The number of hydrogen-bond acceptors (Lipinski definition) is 4. The van der Waals surface area contributed by atoms with Gasteiger partial charge in [0.15, 0.2) is 11.5 Å². The maximum absolute atomic E-state index is 12.8. The fraction of sp³-hybridized carbons (Fsp3) is 0.0833. The lowest BCUT2D eigenvalue weighted by Crippen LogP contribution is -2.20. The van der Waals surface area contributed by atoms with Gasteiger partial charge >= 0.3 is 0 Å². The average Bonchev–Trinajstić information content (AvgIpc) is 2.78. The second kappa shape index (κ2) is 4.79. The third-order valence-corrected chi connectivity index (χ3v) is 2.45. The Morgan fingerprint density at radius 2 is 2.06 bits per heavy atom. The quantitative estimate of drug-likeness (QED) is 0.388. The van der Waals surface area contributed by atoms with Crippen molar-refractivity contribution in [3.05, 3.63) is 53.9 Å². The van der Waals surface area contributed by atoms with E-state index >= 15 is 0 Å². The molecule has 92 valence electrons. The number of ketones is 1. The minimum Gasteiger partial charge on any atom is -0.410 e. The molecule has 0 saturated carbocycles. The molecule has 0 aliphatic carbocycles. The summed E-state index contributed by atoms with van der Waals surface area (Å²) >= 11 is 0. The molecule has 0 aliphatic rings. The number of halogens is 1. The molecule has 2 aromatic rings. The van der Waals surface area contributed by atoms with E-state index in [1.807, 2.05) is 0 Å². The Morgan fingerprint density at radius 1 is 1.39 bits per heavy atom. The van der Waals surface area contributed by atoms with E-state index in [-0.39, 0.29) is 17.1 Å². The smallest absolute Gasteiger partial charge is 0.218 e. The number of rotatable bonds is 3. The van der Waals surface area contributed by atoms with Crippen LogP contribution in [0.2, 0.25) is 0 Å². The highest BCUT2D eigenvalue weighted by molar-refractivity contribution is 6.50. The molecule has 5 nitrogen and oxygen atoms in total. The lowest BCUT2D eigenvalue weighted by Gasteiger charge is -2.03. The van der Waals surface area contributed by atoms with Crippen molar-refractivity contribution in [3.63, 3.8) is 0 Å². The summed E-state index contributed by atoms with van der Waals surface area (Å²) < 4.78 is 14.3. The maximum Gasteiger partial charge on any atom is 0.218 e. The third-order valence-electron chi connectivity index (χ3n) is 2.45. The molecule has 0 spiro atoms. The monoisotopic (exact) mass is 247 g/mol. The molecule has 18 heavy (non-hydrogen) atoms. The summed E-state index contributed by atoms with van der Waals surface area (Å²) in [5.41, 5.74) is 0.0429. The molecule has 0 bridgehead atoms. The third kappa shape index (κ3) is 2.13. The zero-order valence-corrected chi connectivity index (χ0v) is 9.54. The van der Waals surface area contributed by atoms with Crippen molar-refractivity contribution in [1.82, 2.24) is 9.55 Å². The van der Waals surface area contributed by atoms with E-state index in [4.69, 9.17) is 5.21 Å². The van der Waals surface area contributed by atoms with Crippen LogP contribution >= 0.6 is 0 Å². The van der Waals surface area contributed by atoms with Gasteiger partial charge < -0.3 is 9.77 Å². The Kier molecular flexibility index (Phi) is 3.18. The van der Waals surface area contributed by atoms with Gasteiger partial charge in [0.05, 0.1) is 0 Å². The molecule has 1 heterocycles. The summed E-state index contributed by atoms with van der Waals surface area (Å²) in [4.78, 5) is 16.0. The van der Waals surface area contributed by atoms with Crippen LogP contribution in [-0.2, 0) is 7.05 Å². The number of carbonyl (C=O) groups is 1. The average molecular weight is 247 g/mol. The van der Waals surface area contributed by atoms with Crippen LogP contribution in [0.15, 0.2) is 41.8 Å². The van der Waals surface area contributed by atoms with Crippen LogP contribution < -0.4 is 0 Å². The minimum atomic E-state index is -0.521. The zero-order chi connectivity index (χ0) is 13.1. The van der Waals surface area contributed by atoms with Gasteiger partial charge in [0, 0.05) is 25.0 Å². The fourth-order valence-corrected chi connectivity index (χ4v) is 1.52. The van der Waals surface area contributed by atoms with Gasteiger partial charge in [0.2, 0.25) is 5.78 Å². The topological polar surface area (TPSA) is 67.5 Å². The molecular formula is C12H10FN3O2. The first-order chi connectivity index (χ1) is 8.63. The van der Waals surface area contributed by atoms with E-state index in [2.05, 4.69) is 10.1 Å². The summed E-state index contributed by atoms with van der Waals surface area (Å²) in [7, 11) is 1.67. The molecule has 0 saturated heterocycles. The highest BCUT2D eigenvalue weighted by atomic mass is 19.1. The molecule has 1 aromatic carbocycles. The number of nitrogens with zero attached hydrogens (tertiary/aromatic N) is 3. The molecule has 0 radical (unpaired) electrons. The Bertz CT molecular complexity index is 602. The highest BCUT2D eigenvalue weighted by Crippen LogP contribution is 2.08. The first-order valence-electron chi connectivity index (χ1n) is 5.13. The van der Waals surface area contributed by atoms with Crippen LogP contribution in [-0.4, -0.2) is 26.3 Å². The van der Waals surface area contributed by atoms with Crippen LogP contribution in [0.25, 0.3) is 0 Å². The van der Waals surface area contributed by atoms with Crippen molar-refractivity contribution >= 4 is 11.5 Å². The van der Waals surface area contributed by atoms with Crippen LogP contribution in [0.1, 0.15) is 16.2 Å². The van der Waals surface area contributed by atoms with Gasteiger partial charge in [-0.05, 0) is 24.3 Å². The van der Waals surface area contributed by atoms with E-state index in [1.165, 1.54) is 30.5 Å². The van der Waals surface area contributed by atoms with Crippen molar-refractivity contribution in [2.45, 2.75) is 0 Å². The van der Waals surface area contributed by atoms with E-state index in [0.29, 0.717) is 0 Å². The van der Waals surface area contributed by atoms with Crippen molar-refractivity contribution < 1.29 is 14.4 Å². The molecule has 0 amide bonds. The summed E-state index contributed by atoms with van der Waals surface area (Å²) in [5.74, 6) is -0.718. The van der Waals surface area contributed by atoms with Gasteiger partial charge in [-0.15, -0.1) is 0 Å². The molecule has 2 rings (SSSR count). The molecular weight excluding hydrogens is 237 g/mol. The largest absolute Gasteiger partial charge is 0.410 e. The summed E-state index contributed by atoms with van der Waals surface area (Å²) in [6, 6.07) is 4.98. The van der Waals surface area contributed by atoms with Crippen molar-refractivity contribution in [2.24, 2.45) is 12.2 Å². The van der Waals surface area contributed by atoms with Crippen LogP contribution in [0.5, 0.6) is 0 Å². The number of aromatic nitrogens is 2. The van der Waals surface area contributed by atoms with Gasteiger partial charge in [-0.25, -0.2) is 9.37 Å². The second-order valence-electron chi connectivity index (χ2n) is 3.65. The Morgan fingerprint density at radius 3 is 2.56 bits per heavy atom. The van der Waals surface area contributed by atoms with E-state index in [0.717, 1.165) is 0 Å². The molecule has 1 aromatic heterocycles. The number of carbonyl (C=O) groups excluding carboxylic acids is 1. The van der Waals surface area contributed by atoms with Gasteiger partial charge in [-0.1, -0.05) is 5.16 Å². The van der Waals surface area contributed by atoms with E-state index in [9.17, 15) is 9.18 Å². The second-order valence-corrected chi connectivity index (χ2v) is 3.65. The lowest BCUT2D eigenvalue weighted by molar-refractivity contribution is 0.106. The van der Waals surface area contributed by atoms with Gasteiger partial charge in [-0.2, -0.15) is 0 Å². The Hall–Kier alpha value is -2.50. The molecule has 0 atom stereocenters. The molecule has 0 fully saturated rings. The summed E-state index contributed by atoms with van der Waals surface area (Å²) in [5, 5.41) is 11.9. The van der Waals surface area contributed by atoms with Crippen molar-refractivity contribution in [1.29, 1.82) is 0 Å². The van der Waals surface area contributed by atoms with Gasteiger partial charge in [0.25, 0.3) is 0 Å². The number of aryl methyl sites for hydroxylation is 1. The zero-order valence-electron chi connectivity index (χ0n) is 9.54. The summed E-state index contributed by atoms with van der Waals surface area (Å²) in [6.45, 7) is 0. The Labute approximate surface area is 102 Å². The van der Waals surface area contributed by atoms with E-state index in [1.54, 1.807) is 17.8 Å². The molecule has 0 aliphatic heterocycles. The van der Waals surface area contributed by atoms with Crippen LogP contribution in [0, 0.1) is 5.82 Å². The van der Waals surface area contributed by atoms with Crippen molar-refractivity contribution in [3.8, 4) is 0 Å². The predicted molar refractivity (Wildman–Crippen MR) is 62.3 cm³/mol. The first kappa shape index (κ1) is 12.0. The number of hydrogen-bond donors (Lipinski definition) is 1. The number of oxime groups is 1. The summed E-state index contributed by atoms with van der Waals surface area (Å²) in [6.07, 6.45) is 3.11. The number of benzene rings is 1. The Balaban J connectivity index is 2.38. The van der Waals surface area contributed by atoms with Crippen LogP contribution in [0.4, 0.5) is 4.39 Å². The van der Waals surface area contributed by atoms with Crippen molar-refractivity contribution in [2.75, 3.05) is 0 Å². The van der Waals surface area contributed by atoms with E-state index < -0.39 is 11.6 Å². The minimum absolute atomic E-state index is 0.186. The van der Waals surface area contributed by atoms with Gasteiger partial charge in [-0.3, -0.25) is 4.79 Å². The number of imidazole rings is 1. The predicted octanol–water partition coefficient (Wildman–Crippen LogP) is 1.62. The standard InChI is InChI=1S/C12H10FN3O2/c1-16-7-6-14-12(16)10(15-18)11(17)8-2-4-9(13)5-3-8/h2-7,18H,1H3/b15-10-. The fourth-order valence-electron chi connectivity index (χ4n) is 1.52. The van der Waals surface area contributed by atoms with Crippen LogP contribution in [0.3, 0.4) is 0 Å². The molecule has 0 unspecified atom stereocenters. The highest BCUT2D eigenvalue weighted by Gasteiger charge is 2.20. The number of Topliss-reactive ketones (excluding diaryl/α,β-unsaturated/α-hetero) is 1. The lowest BCUT2D eigenvalue weighted by atomic mass is 10.1.